The highest BCUT2D eigenvalue weighted by atomic mass is 16.7. The molecule has 3 atom stereocenters. The van der Waals surface area contributed by atoms with Gasteiger partial charge in [0.05, 0.1) is 18.8 Å². The molecular weight excluding hydrogens is 542 g/mol. The number of aliphatic hydroxyl groups excluding tert-OH is 2. The lowest BCUT2D eigenvalue weighted by atomic mass is 9.78. The lowest BCUT2D eigenvalue weighted by Gasteiger charge is -2.32. The Balaban J connectivity index is 1.14. The number of nitrogens with two attached hydrogens (primary N) is 1. The molecule has 1 heterocycles. The molecule has 4 aromatic carbocycles. The van der Waals surface area contributed by atoms with Crippen molar-refractivity contribution in [3.05, 3.63) is 125 Å². The minimum Gasteiger partial charge on any atom is -0.489 e. The molecule has 0 saturated carbocycles. The second-order valence-electron chi connectivity index (χ2n) is 11.5. The van der Waals surface area contributed by atoms with Crippen molar-refractivity contribution >= 4 is 0 Å². The topological polar surface area (TPSA) is 103 Å². The standard InChI is InChI=1S/C36H41NO6/c1-36(2,29-10-16-33(17-11-29)42-35-20-30(39)19-34(22-38)43-35)28-8-14-32(15-9-28)41-24-27-5-3-4-26(18-27)23-40-31-12-6-25(21-37)7-13-31/h3-18,30,34-35,38-39H,19-24,37H2,1-2H3/t30?,34-,35+/m0/s1. The van der Waals surface area contributed by atoms with Gasteiger partial charge in [-0.2, -0.15) is 0 Å². The smallest absolute Gasteiger partial charge is 0.202 e. The first-order valence-corrected chi connectivity index (χ1v) is 14.8. The molecule has 0 spiro atoms. The molecule has 4 N–H and O–H groups in total. The van der Waals surface area contributed by atoms with Gasteiger partial charge in [0.15, 0.2) is 0 Å². The van der Waals surface area contributed by atoms with Gasteiger partial charge in [-0.15, -0.1) is 0 Å². The van der Waals surface area contributed by atoms with Crippen LogP contribution in [-0.4, -0.2) is 35.3 Å². The Morgan fingerprint density at radius 3 is 1.81 bits per heavy atom. The summed E-state index contributed by atoms with van der Waals surface area (Å²) in [6.07, 6.45) is -0.736. The van der Waals surface area contributed by atoms with Crippen molar-refractivity contribution in [1.82, 2.24) is 0 Å². The first-order valence-electron chi connectivity index (χ1n) is 14.8. The highest BCUT2D eigenvalue weighted by molar-refractivity contribution is 5.42. The molecule has 1 aliphatic rings. The van der Waals surface area contributed by atoms with Crippen LogP contribution in [0.5, 0.6) is 17.2 Å². The lowest BCUT2D eigenvalue weighted by molar-refractivity contribution is -0.184. The van der Waals surface area contributed by atoms with Gasteiger partial charge in [0.25, 0.3) is 0 Å². The fourth-order valence-electron chi connectivity index (χ4n) is 5.24. The monoisotopic (exact) mass is 583 g/mol. The van der Waals surface area contributed by atoms with Gasteiger partial charge in [-0.25, -0.2) is 0 Å². The van der Waals surface area contributed by atoms with E-state index in [1.165, 1.54) is 0 Å². The van der Waals surface area contributed by atoms with Crippen LogP contribution in [0.4, 0.5) is 0 Å². The van der Waals surface area contributed by atoms with Crippen molar-refractivity contribution < 1.29 is 29.2 Å². The fourth-order valence-corrected chi connectivity index (χ4v) is 5.24. The van der Waals surface area contributed by atoms with Crippen LogP contribution in [0.1, 0.15) is 54.5 Å². The van der Waals surface area contributed by atoms with Gasteiger partial charge in [-0.05, 0) is 70.3 Å². The zero-order valence-corrected chi connectivity index (χ0v) is 24.8. The third kappa shape index (κ3) is 8.15. The van der Waals surface area contributed by atoms with Crippen LogP contribution in [0.15, 0.2) is 97.1 Å². The maximum absolute atomic E-state index is 10.0. The van der Waals surface area contributed by atoms with Crippen molar-refractivity contribution in [2.75, 3.05) is 6.61 Å². The molecule has 226 valence electrons. The molecule has 4 aromatic rings. The predicted molar refractivity (Wildman–Crippen MR) is 166 cm³/mol. The van der Waals surface area contributed by atoms with Crippen LogP contribution in [0.3, 0.4) is 0 Å². The quantitative estimate of drug-likeness (QED) is 0.192. The molecule has 1 aliphatic heterocycles. The first kappa shape index (κ1) is 30.6. The van der Waals surface area contributed by atoms with Gasteiger partial charge in [0, 0.05) is 24.8 Å². The molecule has 0 aliphatic carbocycles. The van der Waals surface area contributed by atoms with E-state index in [9.17, 15) is 10.2 Å². The van der Waals surface area contributed by atoms with Crippen LogP contribution in [-0.2, 0) is 29.9 Å². The maximum Gasteiger partial charge on any atom is 0.202 e. The van der Waals surface area contributed by atoms with E-state index < -0.39 is 18.5 Å². The Kier molecular flexibility index (Phi) is 10.00. The summed E-state index contributed by atoms with van der Waals surface area (Å²) >= 11 is 0. The zero-order chi connectivity index (χ0) is 30.2. The number of rotatable bonds is 12. The second-order valence-corrected chi connectivity index (χ2v) is 11.5. The summed E-state index contributed by atoms with van der Waals surface area (Å²) < 4.78 is 23.7. The molecule has 5 rings (SSSR count). The molecule has 7 heteroatoms. The number of benzene rings is 4. The van der Waals surface area contributed by atoms with E-state index in [-0.39, 0.29) is 12.0 Å². The molecule has 1 saturated heterocycles. The lowest BCUT2D eigenvalue weighted by Crippen LogP contribution is -2.40. The van der Waals surface area contributed by atoms with E-state index in [4.69, 9.17) is 24.7 Å². The third-order valence-electron chi connectivity index (χ3n) is 7.93. The molecular formula is C36H41NO6. The highest BCUT2D eigenvalue weighted by Gasteiger charge is 2.29. The van der Waals surface area contributed by atoms with Gasteiger partial charge in [-0.3, -0.25) is 0 Å². The van der Waals surface area contributed by atoms with E-state index in [1.54, 1.807) is 0 Å². The van der Waals surface area contributed by atoms with Gasteiger partial charge in [-0.1, -0.05) is 68.4 Å². The van der Waals surface area contributed by atoms with E-state index >= 15 is 0 Å². The SMILES string of the molecule is CC(C)(c1ccc(OCc2cccc(COc3ccc(CN)cc3)c2)cc1)c1ccc(O[C@H]2CC(O)C[C@@H](CO)O2)cc1. The molecule has 0 bridgehead atoms. The molecule has 43 heavy (non-hydrogen) atoms. The first-order chi connectivity index (χ1) is 20.8. The minimum absolute atomic E-state index is 0.136. The maximum atomic E-state index is 10.0. The van der Waals surface area contributed by atoms with E-state index in [1.807, 2.05) is 60.7 Å². The Labute approximate surface area is 253 Å². The second kappa shape index (κ2) is 14.1. The Morgan fingerprint density at radius 1 is 0.744 bits per heavy atom. The number of hydrogen-bond acceptors (Lipinski definition) is 7. The third-order valence-corrected chi connectivity index (χ3v) is 7.93. The summed E-state index contributed by atoms with van der Waals surface area (Å²) in [5.41, 5.74) is 11.0. The summed E-state index contributed by atoms with van der Waals surface area (Å²) in [6, 6.07) is 32.2. The molecule has 0 aromatic heterocycles. The Bertz CT molecular complexity index is 1440. The van der Waals surface area contributed by atoms with Crippen molar-refractivity contribution in [2.24, 2.45) is 5.73 Å². The predicted octanol–water partition coefficient (Wildman–Crippen LogP) is 5.87. The van der Waals surface area contributed by atoms with Gasteiger partial charge < -0.3 is 34.9 Å². The average molecular weight is 584 g/mol. The fraction of sp³-hybridized carbons (Fsp3) is 0.333. The molecule has 0 amide bonds. The van der Waals surface area contributed by atoms with E-state index in [0.717, 1.165) is 39.3 Å². The Hall–Kier alpha value is -3.88. The van der Waals surface area contributed by atoms with Gasteiger partial charge in [0.2, 0.25) is 6.29 Å². The number of aliphatic hydroxyl groups is 2. The minimum atomic E-state index is -0.581. The van der Waals surface area contributed by atoms with Crippen LogP contribution < -0.4 is 19.9 Å². The van der Waals surface area contributed by atoms with Gasteiger partial charge in [0.1, 0.15) is 30.5 Å². The van der Waals surface area contributed by atoms with E-state index in [2.05, 4.69) is 50.2 Å². The summed E-state index contributed by atoms with van der Waals surface area (Å²) in [4.78, 5) is 0. The van der Waals surface area contributed by atoms with Crippen molar-refractivity contribution in [3.8, 4) is 17.2 Å². The van der Waals surface area contributed by atoms with Crippen molar-refractivity contribution in [3.63, 3.8) is 0 Å². The average Bonchev–Trinajstić information content (AvgIpc) is 3.03. The molecule has 1 fully saturated rings. The van der Waals surface area contributed by atoms with Crippen LogP contribution >= 0.6 is 0 Å². The summed E-state index contributed by atoms with van der Waals surface area (Å²) in [6.45, 7) is 5.70. The normalized spacial score (nSPS) is 18.7. The Morgan fingerprint density at radius 2 is 1.28 bits per heavy atom. The largest absolute Gasteiger partial charge is 0.489 e. The summed E-state index contributed by atoms with van der Waals surface area (Å²) in [5.74, 6) is 2.29. The highest BCUT2D eigenvalue weighted by Crippen LogP contribution is 2.34. The zero-order valence-electron chi connectivity index (χ0n) is 24.8. The van der Waals surface area contributed by atoms with Crippen molar-refractivity contribution in [1.29, 1.82) is 0 Å². The van der Waals surface area contributed by atoms with Crippen LogP contribution in [0.2, 0.25) is 0 Å². The van der Waals surface area contributed by atoms with Crippen LogP contribution in [0.25, 0.3) is 0 Å². The summed E-state index contributed by atoms with van der Waals surface area (Å²) in [7, 11) is 0. The van der Waals surface area contributed by atoms with E-state index in [0.29, 0.717) is 38.3 Å². The molecule has 1 unspecified atom stereocenters. The van der Waals surface area contributed by atoms with Gasteiger partial charge >= 0.3 is 0 Å². The number of ether oxygens (including phenoxy) is 4. The van der Waals surface area contributed by atoms with Crippen molar-refractivity contribution in [2.45, 2.75) is 70.4 Å². The molecule has 0 radical (unpaired) electrons. The van der Waals surface area contributed by atoms with Crippen LogP contribution in [0, 0.1) is 0 Å². The summed E-state index contributed by atoms with van der Waals surface area (Å²) in [5, 5.41) is 19.4. The molecule has 7 nitrogen and oxygen atoms in total. The number of hydrogen-bond donors (Lipinski definition) is 3.